The Bertz CT molecular complexity index is 2810. The zero-order valence-corrected chi connectivity index (χ0v) is 36.7. The molecule has 8 aromatic carbocycles. The third kappa shape index (κ3) is 9.74. The summed E-state index contributed by atoms with van der Waals surface area (Å²) in [6, 6.07) is 78.7. The predicted octanol–water partition coefficient (Wildman–Crippen LogP) is 15.8. The Morgan fingerprint density at radius 2 is 0.419 bits per heavy atom. The van der Waals surface area contributed by atoms with Crippen LogP contribution in [0, 0.1) is 0 Å². The Balaban J connectivity index is 0.000000158. The van der Waals surface area contributed by atoms with Gasteiger partial charge in [0, 0.05) is 42.3 Å². The summed E-state index contributed by atoms with van der Waals surface area (Å²) in [5.41, 5.74) is 14.7. The predicted molar refractivity (Wildman–Crippen MR) is 263 cm³/mol. The largest absolute Gasteiger partial charge is 0.228 e. The summed E-state index contributed by atoms with van der Waals surface area (Å²) in [5.74, 6) is 1.45. The van der Waals surface area contributed by atoms with Crippen molar-refractivity contribution in [3.8, 4) is 90.1 Å². The van der Waals surface area contributed by atoms with Crippen molar-refractivity contribution < 1.29 is 0 Å². The Morgan fingerprint density at radius 3 is 0.694 bits per heavy atom. The maximum atomic E-state index is 4.90. The molecule has 10 aromatic rings. The fourth-order valence-electron chi connectivity index (χ4n) is 7.09. The fourth-order valence-corrected chi connectivity index (χ4v) is 7.62. The van der Waals surface area contributed by atoms with Crippen LogP contribution in [0.1, 0.15) is 0 Å². The van der Waals surface area contributed by atoms with Crippen LogP contribution in [0.2, 0.25) is 0 Å². The highest BCUT2D eigenvalue weighted by atomic mass is 79.9. The van der Waals surface area contributed by atoms with E-state index in [9.17, 15) is 0 Å². The Hall–Kier alpha value is -7.12. The maximum Gasteiger partial charge on any atom is 0.160 e. The number of hydrogen-bond acceptors (Lipinski definition) is 4. The van der Waals surface area contributed by atoms with Crippen molar-refractivity contribution in [3.05, 3.63) is 239 Å². The van der Waals surface area contributed by atoms with Crippen LogP contribution in [-0.4, -0.2) is 19.9 Å². The Morgan fingerprint density at radius 1 is 0.210 bits per heavy atom. The quantitative estimate of drug-likeness (QED) is 0.152. The molecule has 2 aromatic heterocycles. The fraction of sp³-hybridized carbons (Fsp3) is 0. The third-order valence-electron chi connectivity index (χ3n) is 10.4. The van der Waals surface area contributed by atoms with Gasteiger partial charge in [0.05, 0.1) is 22.8 Å². The van der Waals surface area contributed by atoms with Crippen molar-refractivity contribution in [3.63, 3.8) is 0 Å². The lowest BCUT2D eigenvalue weighted by molar-refractivity contribution is 1.18. The first-order valence-electron chi connectivity index (χ1n) is 20.2. The summed E-state index contributed by atoms with van der Waals surface area (Å²) in [5, 5.41) is 0. The van der Waals surface area contributed by atoms with E-state index in [0.29, 0.717) is 0 Å². The number of rotatable bonds is 8. The second-order valence-electron chi connectivity index (χ2n) is 14.6. The zero-order valence-electron chi connectivity index (χ0n) is 33.5. The van der Waals surface area contributed by atoms with Crippen molar-refractivity contribution in [1.82, 2.24) is 19.9 Å². The Labute approximate surface area is 379 Å². The van der Waals surface area contributed by atoms with Gasteiger partial charge < -0.3 is 0 Å². The molecule has 0 aliphatic rings. The number of aromatic nitrogens is 4. The molecule has 6 heteroatoms. The highest BCUT2D eigenvalue weighted by Crippen LogP contribution is 2.32. The van der Waals surface area contributed by atoms with Gasteiger partial charge in [-0.15, -0.1) is 0 Å². The second kappa shape index (κ2) is 19.1. The van der Waals surface area contributed by atoms with Gasteiger partial charge in [-0.05, 0) is 58.7 Å². The number of benzene rings is 8. The lowest BCUT2D eigenvalue weighted by atomic mass is 10.0. The highest BCUT2D eigenvalue weighted by molar-refractivity contribution is 9.10. The van der Waals surface area contributed by atoms with E-state index in [4.69, 9.17) is 19.9 Å². The molecule has 0 fully saturated rings. The van der Waals surface area contributed by atoms with Gasteiger partial charge in [-0.25, -0.2) is 19.9 Å². The lowest BCUT2D eigenvalue weighted by Gasteiger charge is -2.10. The van der Waals surface area contributed by atoms with E-state index in [1.807, 2.05) is 97.1 Å². The van der Waals surface area contributed by atoms with Gasteiger partial charge in [-0.3, -0.25) is 0 Å². The van der Waals surface area contributed by atoms with Crippen LogP contribution in [0.25, 0.3) is 90.1 Å². The topological polar surface area (TPSA) is 51.6 Å². The van der Waals surface area contributed by atoms with Crippen molar-refractivity contribution in [1.29, 1.82) is 0 Å². The average molecular weight is 927 g/mol. The van der Waals surface area contributed by atoms with Crippen LogP contribution in [0.15, 0.2) is 239 Å². The average Bonchev–Trinajstić information content (AvgIpc) is 3.35. The molecule has 0 aliphatic carbocycles. The lowest BCUT2D eigenvalue weighted by Crippen LogP contribution is -1.95. The molecule has 0 bridgehead atoms. The molecule has 4 nitrogen and oxygen atoms in total. The maximum absolute atomic E-state index is 4.90. The van der Waals surface area contributed by atoms with Gasteiger partial charge in [0.2, 0.25) is 0 Å². The molecular weight excluding hydrogens is 888 g/mol. The summed E-state index contributed by atoms with van der Waals surface area (Å²) in [6.45, 7) is 0. The first kappa shape index (κ1) is 40.3. The van der Waals surface area contributed by atoms with E-state index in [0.717, 1.165) is 76.8 Å². The smallest absolute Gasteiger partial charge is 0.160 e. The van der Waals surface area contributed by atoms with Crippen LogP contribution in [0.4, 0.5) is 0 Å². The molecule has 0 amide bonds. The molecule has 2 heterocycles. The standard InChI is InChI=1S/2C28H19BrN2/c2*29-25-17-15-23(16-18-25)27-19-26(30-28(31-27)24-9-5-2-6-10-24)22-13-11-21(12-14-22)20-7-3-1-4-8-20/h2*1-19H. The summed E-state index contributed by atoms with van der Waals surface area (Å²) in [7, 11) is 0. The minimum absolute atomic E-state index is 0.725. The first-order valence-corrected chi connectivity index (χ1v) is 21.8. The van der Waals surface area contributed by atoms with Gasteiger partial charge in [-0.1, -0.05) is 226 Å². The van der Waals surface area contributed by atoms with E-state index in [1.54, 1.807) is 0 Å². The minimum atomic E-state index is 0.725. The van der Waals surface area contributed by atoms with Crippen molar-refractivity contribution in [2.24, 2.45) is 0 Å². The van der Waals surface area contributed by atoms with E-state index < -0.39 is 0 Å². The van der Waals surface area contributed by atoms with E-state index in [2.05, 4.69) is 165 Å². The first-order chi connectivity index (χ1) is 30.5. The summed E-state index contributed by atoms with van der Waals surface area (Å²) in [6.07, 6.45) is 0. The van der Waals surface area contributed by atoms with Crippen LogP contribution < -0.4 is 0 Å². The monoisotopic (exact) mass is 924 g/mol. The summed E-state index contributed by atoms with van der Waals surface area (Å²) in [4.78, 5) is 19.5. The number of nitrogens with zero attached hydrogens (tertiary/aromatic N) is 4. The molecule has 0 aliphatic heterocycles. The van der Waals surface area contributed by atoms with Gasteiger partial charge in [0.15, 0.2) is 11.6 Å². The molecule has 62 heavy (non-hydrogen) atoms. The molecular formula is C56H38Br2N4. The molecule has 0 spiro atoms. The van der Waals surface area contributed by atoms with Gasteiger partial charge >= 0.3 is 0 Å². The van der Waals surface area contributed by atoms with Crippen LogP contribution >= 0.6 is 31.9 Å². The molecule has 0 unspecified atom stereocenters. The van der Waals surface area contributed by atoms with Gasteiger partial charge in [-0.2, -0.15) is 0 Å². The molecule has 0 radical (unpaired) electrons. The highest BCUT2D eigenvalue weighted by Gasteiger charge is 2.13. The van der Waals surface area contributed by atoms with Gasteiger partial charge in [0.25, 0.3) is 0 Å². The Kier molecular flexibility index (Phi) is 12.4. The van der Waals surface area contributed by atoms with E-state index in [-0.39, 0.29) is 0 Å². The van der Waals surface area contributed by atoms with Crippen LogP contribution in [-0.2, 0) is 0 Å². The zero-order chi connectivity index (χ0) is 42.1. The van der Waals surface area contributed by atoms with Crippen LogP contribution in [0.3, 0.4) is 0 Å². The second-order valence-corrected chi connectivity index (χ2v) is 16.4. The summed E-state index contributed by atoms with van der Waals surface area (Å²) < 4.78 is 2.09. The van der Waals surface area contributed by atoms with Crippen molar-refractivity contribution in [2.75, 3.05) is 0 Å². The third-order valence-corrected chi connectivity index (χ3v) is 11.4. The van der Waals surface area contributed by atoms with Crippen molar-refractivity contribution >= 4 is 31.9 Å². The number of halogens is 2. The number of hydrogen-bond donors (Lipinski definition) is 0. The molecule has 0 saturated heterocycles. The molecule has 0 atom stereocenters. The van der Waals surface area contributed by atoms with E-state index in [1.165, 1.54) is 22.3 Å². The van der Waals surface area contributed by atoms with E-state index >= 15 is 0 Å². The van der Waals surface area contributed by atoms with Gasteiger partial charge in [0.1, 0.15) is 0 Å². The molecule has 10 rings (SSSR count). The SMILES string of the molecule is Brc1ccc(-c2cc(-c3ccc(-c4ccccc4)cc3)nc(-c3ccccc3)n2)cc1.Brc1ccc(-c2cc(-c3ccc(-c4ccccc4)cc3)nc(-c3ccccc3)n2)cc1. The minimum Gasteiger partial charge on any atom is -0.228 e. The van der Waals surface area contributed by atoms with Crippen LogP contribution in [0.5, 0.6) is 0 Å². The molecule has 0 saturated carbocycles. The summed E-state index contributed by atoms with van der Waals surface area (Å²) >= 11 is 7.03. The molecule has 296 valence electrons. The molecule has 0 N–H and O–H groups in total. The van der Waals surface area contributed by atoms with Crippen molar-refractivity contribution in [2.45, 2.75) is 0 Å². The normalized spacial score (nSPS) is 10.7.